The Bertz CT molecular complexity index is 538. The van der Waals surface area contributed by atoms with Gasteiger partial charge in [-0.2, -0.15) is 0 Å². The Labute approximate surface area is 101 Å². The van der Waals surface area contributed by atoms with Crippen molar-refractivity contribution in [1.29, 1.82) is 0 Å². The molecule has 94 valence electrons. The summed E-state index contributed by atoms with van der Waals surface area (Å²) >= 11 is 0. The van der Waals surface area contributed by atoms with Crippen LogP contribution in [0.5, 0.6) is 0 Å². The topological polar surface area (TPSA) is 103 Å². The summed E-state index contributed by atoms with van der Waals surface area (Å²) in [5, 5.41) is -1.19. The molecule has 0 radical (unpaired) electrons. The van der Waals surface area contributed by atoms with Crippen LogP contribution in [0.3, 0.4) is 0 Å². The first-order chi connectivity index (χ1) is 7.80. The minimum atomic E-state index is -3.73. The van der Waals surface area contributed by atoms with Crippen LogP contribution in [0.1, 0.15) is 18.9 Å². The highest BCUT2D eigenvalue weighted by Crippen LogP contribution is 2.23. The number of nitrogens with two attached hydrogens (primary N) is 2. The summed E-state index contributed by atoms with van der Waals surface area (Å²) in [5.74, 6) is -0.830. The first-order valence-electron chi connectivity index (χ1n) is 5.20. The number of benzene rings is 1. The molecule has 0 aliphatic rings. The van der Waals surface area contributed by atoms with E-state index in [9.17, 15) is 13.2 Å². The molecule has 0 saturated carbocycles. The fourth-order valence-corrected chi connectivity index (χ4v) is 3.54. The van der Waals surface area contributed by atoms with E-state index in [1.807, 2.05) is 0 Å². The summed E-state index contributed by atoms with van der Waals surface area (Å²) < 4.78 is 24.4. The second-order valence-corrected chi connectivity index (χ2v) is 5.97. The summed E-state index contributed by atoms with van der Waals surface area (Å²) in [4.78, 5) is 11.3. The third kappa shape index (κ3) is 2.58. The van der Waals surface area contributed by atoms with Gasteiger partial charge in [0.05, 0.1) is 4.90 Å². The van der Waals surface area contributed by atoms with E-state index in [0.29, 0.717) is 11.3 Å². The number of carbonyl (C=O) groups is 1. The summed E-state index contributed by atoms with van der Waals surface area (Å²) in [5.41, 5.74) is 11.7. The second kappa shape index (κ2) is 4.75. The standard InChI is InChI=1S/C11H16N2O3S/c1-3-9(11(13)14)17(15,16)10-5-4-8(12)6-7(10)2/h4-6,9H,3,12H2,1-2H3,(H2,13,14). The lowest BCUT2D eigenvalue weighted by molar-refractivity contribution is -0.117. The number of aryl methyl sites for hydroxylation is 1. The average Bonchev–Trinajstić information content (AvgIpc) is 2.16. The van der Waals surface area contributed by atoms with Crippen molar-refractivity contribution in [2.45, 2.75) is 30.4 Å². The highest BCUT2D eigenvalue weighted by Gasteiger charge is 2.31. The Kier molecular flexibility index (Phi) is 3.77. The molecule has 1 rings (SSSR count). The molecule has 0 heterocycles. The van der Waals surface area contributed by atoms with Gasteiger partial charge in [-0.05, 0) is 37.1 Å². The highest BCUT2D eigenvalue weighted by molar-refractivity contribution is 7.92. The summed E-state index contributed by atoms with van der Waals surface area (Å²) in [6.45, 7) is 3.25. The van der Waals surface area contributed by atoms with Crippen LogP contribution in [-0.2, 0) is 14.6 Å². The molecule has 0 aliphatic carbocycles. The predicted molar refractivity (Wildman–Crippen MR) is 66.1 cm³/mol. The van der Waals surface area contributed by atoms with Crippen molar-refractivity contribution in [3.05, 3.63) is 23.8 Å². The Morgan fingerprint density at radius 2 is 2.00 bits per heavy atom. The van der Waals surface area contributed by atoms with E-state index in [2.05, 4.69) is 0 Å². The van der Waals surface area contributed by atoms with E-state index in [-0.39, 0.29) is 11.3 Å². The van der Waals surface area contributed by atoms with Gasteiger partial charge < -0.3 is 11.5 Å². The quantitative estimate of drug-likeness (QED) is 0.770. The van der Waals surface area contributed by atoms with Gasteiger partial charge in [0, 0.05) is 5.69 Å². The van der Waals surface area contributed by atoms with E-state index in [1.54, 1.807) is 19.9 Å². The van der Waals surface area contributed by atoms with Crippen molar-refractivity contribution in [3.63, 3.8) is 0 Å². The van der Waals surface area contributed by atoms with Gasteiger partial charge in [-0.3, -0.25) is 4.79 Å². The summed E-state index contributed by atoms with van der Waals surface area (Å²) in [6, 6.07) is 4.46. The number of sulfone groups is 1. The molecule has 1 aromatic carbocycles. The van der Waals surface area contributed by atoms with Gasteiger partial charge in [-0.25, -0.2) is 8.42 Å². The van der Waals surface area contributed by atoms with Crippen molar-refractivity contribution in [2.75, 3.05) is 5.73 Å². The summed E-state index contributed by atoms with van der Waals surface area (Å²) in [7, 11) is -3.73. The normalized spacial score (nSPS) is 13.3. The molecule has 0 aliphatic heterocycles. The molecule has 0 spiro atoms. The van der Waals surface area contributed by atoms with Crippen molar-refractivity contribution >= 4 is 21.4 Å². The van der Waals surface area contributed by atoms with E-state index in [1.165, 1.54) is 12.1 Å². The van der Waals surface area contributed by atoms with Crippen molar-refractivity contribution in [3.8, 4) is 0 Å². The van der Waals surface area contributed by atoms with Crippen LogP contribution in [0.2, 0.25) is 0 Å². The molecular weight excluding hydrogens is 240 g/mol. The lowest BCUT2D eigenvalue weighted by Crippen LogP contribution is -2.35. The second-order valence-electron chi connectivity index (χ2n) is 3.87. The zero-order chi connectivity index (χ0) is 13.2. The smallest absolute Gasteiger partial charge is 0.236 e. The van der Waals surface area contributed by atoms with Gasteiger partial charge in [0.1, 0.15) is 5.25 Å². The van der Waals surface area contributed by atoms with E-state index < -0.39 is 21.0 Å². The number of anilines is 1. The molecule has 0 saturated heterocycles. The van der Waals surface area contributed by atoms with Crippen LogP contribution in [0.4, 0.5) is 5.69 Å². The molecule has 1 atom stereocenters. The highest BCUT2D eigenvalue weighted by atomic mass is 32.2. The minimum Gasteiger partial charge on any atom is -0.399 e. The van der Waals surface area contributed by atoms with Gasteiger partial charge in [-0.15, -0.1) is 0 Å². The third-order valence-electron chi connectivity index (χ3n) is 2.57. The minimum absolute atomic E-state index is 0.109. The van der Waals surface area contributed by atoms with Crippen LogP contribution in [-0.4, -0.2) is 19.6 Å². The van der Waals surface area contributed by atoms with Gasteiger partial charge in [0.25, 0.3) is 0 Å². The molecule has 0 aromatic heterocycles. The number of amides is 1. The van der Waals surface area contributed by atoms with Crippen LogP contribution >= 0.6 is 0 Å². The maximum Gasteiger partial charge on any atom is 0.236 e. The predicted octanol–water partition coefficient (Wildman–Crippen LogP) is 0.615. The Hall–Kier alpha value is -1.56. The molecule has 1 unspecified atom stereocenters. The maximum atomic E-state index is 12.2. The van der Waals surface area contributed by atoms with Gasteiger partial charge in [-0.1, -0.05) is 6.92 Å². The average molecular weight is 256 g/mol. The first kappa shape index (κ1) is 13.5. The van der Waals surface area contributed by atoms with Crippen molar-refractivity contribution in [2.24, 2.45) is 5.73 Å². The Balaban J connectivity index is 3.35. The van der Waals surface area contributed by atoms with E-state index in [4.69, 9.17) is 11.5 Å². The molecule has 0 bridgehead atoms. The molecular formula is C11H16N2O3S. The SMILES string of the molecule is CCC(C(N)=O)S(=O)(=O)c1ccc(N)cc1C. The van der Waals surface area contributed by atoms with E-state index in [0.717, 1.165) is 0 Å². The molecule has 1 aromatic rings. The van der Waals surface area contributed by atoms with Crippen LogP contribution in [0.25, 0.3) is 0 Å². The number of nitrogen functional groups attached to an aromatic ring is 1. The van der Waals surface area contributed by atoms with Gasteiger partial charge in [0.2, 0.25) is 5.91 Å². The third-order valence-corrected chi connectivity index (χ3v) is 4.95. The molecule has 17 heavy (non-hydrogen) atoms. The lowest BCUT2D eigenvalue weighted by atomic mass is 10.2. The van der Waals surface area contributed by atoms with E-state index >= 15 is 0 Å². The number of rotatable bonds is 4. The van der Waals surface area contributed by atoms with Gasteiger partial charge in [0.15, 0.2) is 9.84 Å². The fraction of sp³-hybridized carbons (Fsp3) is 0.364. The van der Waals surface area contributed by atoms with Gasteiger partial charge >= 0.3 is 0 Å². The molecule has 1 amide bonds. The summed E-state index contributed by atoms with van der Waals surface area (Å²) in [6.07, 6.45) is 0.154. The molecule has 6 heteroatoms. The number of carbonyl (C=O) groups excluding carboxylic acids is 1. The Morgan fingerprint density at radius 1 is 1.41 bits per heavy atom. The monoisotopic (exact) mass is 256 g/mol. The lowest BCUT2D eigenvalue weighted by Gasteiger charge is -2.14. The van der Waals surface area contributed by atoms with Crippen molar-refractivity contribution < 1.29 is 13.2 Å². The zero-order valence-corrected chi connectivity index (χ0v) is 10.6. The number of hydrogen-bond donors (Lipinski definition) is 2. The number of hydrogen-bond acceptors (Lipinski definition) is 4. The van der Waals surface area contributed by atoms with Crippen molar-refractivity contribution in [1.82, 2.24) is 0 Å². The zero-order valence-electron chi connectivity index (χ0n) is 9.80. The van der Waals surface area contributed by atoms with Crippen LogP contribution in [0.15, 0.2) is 23.1 Å². The first-order valence-corrected chi connectivity index (χ1v) is 6.74. The Morgan fingerprint density at radius 3 is 2.41 bits per heavy atom. The van der Waals surface area contributed by atoms with Crippen LogP contribution in [0, 0.1) is 6.92 Å². The largest absolute Gasteiger partial charge is 0.399 e. The molecule has 4 N–H and O–H groups in total. The number of primary amides is 1. The maximum absolute atomic E-state index is 12.2. The molecule has 0 fully saturated rings. The van der Waals surface area contributed by atoms with Crippen LogP contribution < -0.4 is 11.5 Å². The fourth-order valence-electron chi connectivity index (χ4n) is 1.72. The molecule has 5 nitrogen and oxygen atoms in total.